The van der Waals surface area contributed by atoms with Gasteiger partial charge in [0.15, 0.2) is 6.79 Å². The summed E-state index contributed by atoms with van der Waals surface area (Å²) in [5.41, 5.74) is 0.280. The van der Waals surface area contributed by atoms with Crippen molar-refractivity contribution in [3.8, 4) is 0 Å². The predicted octanol–water partition coefficient (Wildman–Crippen LogP) is 1.36. The van der Waals surface area contributed by atoms with Crippen molar-refractivity contribution >= 4 is 23.5 Å². The molecule has 0 amide bonds. The summed E-state index contributed by atoms with van der Waals surface area (Å²) < 4.78 is 9.85. The van der Waals surface area contributed by atoms with E-state index >= 15 is 0 Å². The molecule has 6 nitrogen and oxygen atoms in total. The van der Waals surface area contributed by atoms with Gasteiger partial charge >= 0.3 is 11.9 Å². The Hall–Kier alpha value is -1.53. The molecule has 18 heavy (non-hydrogen) atoms. The Labute approximate surface area is 108 Å². The normalized spacial score (nSPS) is 23.6. The van der Waals surface area contributed by atoms with Crippen LogP contribution in [-0.2, 0) is 19.1 Å². The van der Waals surface area contributed by atoms with Gasteiger partial charge in [-0.25, -0.2) is 9.59 Å². The van der Waals surface area contributed by atoms with Crippen molar-refractivity contribution in [2.75, 3.05) is 13.9 Å². The van der Waals surface area contributed by atoms with E-state index in [1.165, 1.54) is 20.1 Å². The zero-order valence-electron chi connectivity index (χ0n) is 9.90. The second-order valence-corrected chi connectivity index (χ2v) is 4.47. The van der Waals surface area contributed by atoms with E-state index in [0.717, 1.165) is 0 Å². The number of hydrogen-bond donors (Lipinski definition) is 2. The molecular formula is C11H13ClO6. The molecule has 2 N–H and O–H groups in total. The molecule has 0 bridgehead atoms. The second kappa shape index (κ2) is 5.41. The maximum absolute atomic E-state index is 11.3. The van der Waals surface area contributed by atoms with Crippen LogP contribution >= 0.6 is 11.6 Å². The molecule has 1 atom stereocenters. The van der Waals surface area contributed by atoms with Gasteiger partial charge in [-0.15, -0.1) is 0 Å². The molecule has 1 aliphatic carbocycles. The molecule has 1 rings (SSSR count). The first-order chi connectivity index (χ1) is 8.32. The van der Waals surface area contributed by atoms with Crippen LogP contribution in [-0.4, -0.2) is 40.9 Å². The van der Waals surface area contributed by atoms with Gasteiger partial charge in [-0.05, 0) is 18.6 Å². The lowest BCUT2D eigenvalue weighted by Crippen LogP contribution is -2.39. The molecule has 0 heterocycles. The van der Waals surface area contributed by atoms with Crippen LogP contribution in [0, 0.1) is 0 Å². The summed E-state index contributed by atoms with van der Waals surface area (Å²) in [5, 5.41) is 18.1. The monoisotopic (exact) mass is 276 g/mol. The van der Waals surface area contributed by atoms with Gasteiger partial charge in [-0.3, -0.25) is 0 Å². The Morgan fingerprint density at radius 1 is 1.50 bits per heavy atom. The Morgan fingerprint density at radius 3 is 2.56 bits per heavy atom. The number of rotatable bonds is 5. The zero-order valence-corrected chi connectivity index (χ0v) is 10.7. The number of aliphatic carboxylic acids is 2. The van der Waals surface area contributed by atoms with Gasteiger partial charge in [0.1, 0.15) is 5.76 Å². The van der Waals surface area contributed by atoms with Gasteiger partial charge in [0.2, 0.25) is 4.87 Å². The Bertz CT molecular complexity index is 439. The minimum absolute atomic E-state index is 0.00326. The van der Waals surface area contributed by atoms with Crippen molar-refractivity contribution in [1.82, 2.24) is 0 Å². The highest BCUT2D eigenvalue weighted by Gasteiger charge is 2.47. The van der Waals surface area contributed by atoms with Crippen LogP contribution < -0.4 is 0 Å². The molecule has 0 aromatic rings. The minimum Gasteiger partial charge on any atom is -0.480 e. The van der Waals surface area contributed by atoms with Gasteiger partial charge in [-0.1, -0.05) is 11.6 Å². The smallest absolute Gasteiger partial charge is 0.333 e. The Morgan fingerprint density at radius 2 is 2.11 bits per heavy atom. The number of hydrogen-bond acceptors (Lipinski definition) is 4. The molecule has 0 saturated heterocycles. The fourth-order valence-corrected chi connectivity index (χ4v) is 2.04. The first-order valence-electron chi connectivity index (χ1n) is 5.02. The molecule has 0 radical (unpaired) electrons. The minimum atomic E-state index is -1.91. The van der Waals surface area contributed by atoms with Crippen molar-refractivity contribution in [3.05, 3.63) is 23.0 Å². The van der Waals surface area contributed by atoms with E-state index in [-0.39, 0.29) is 24.5 Å². The van der Waals surface area contributed by atoms with Crippen molar-refractivity contribution in [3.63, 3.8) is 0 Å². The van der Waals surface area contributed by atoms with E-state index < -0.39 is 16.8 Å². The third-order valence-electron chi connectivity index (χ3n) is 2.48. The average molecular weight is 277 g/mol. The summed E-state index contributed by atoms with van der Waals surface area (Å²) in [6.07, 6.45) is 0.993. The third kappa shape index (κ3) is 2.65. The van der Waals surface area contributed by atoms with Crippen molar-refractivity contribution in [1.29, 1.82) is 0 Å². The Kier molecular flexibility index (Phi) is 4.37. The number of ether oxygens (including phenoxy) is 2. The van der Waals surface area contributed by atoms with Crippen LogP contribution in [0.4, 0.5) is 0 Å². The highest BCUT2D eigenvalue weighted by molar-refractivity contribution is 6.36. The topological polar surface area (TPSA) is 93.1 Å². The SMILES string of the molecule is COCOC1=C(C)C=C(C(=O)O)CC1(Cl)C(=O)O. The van der Waals surface area contributed by atoms with Gasteiger partial charge in [0, 0.05) is 19.1 Å². The number of alkyl halides is 1. The zero-order chi connectivity index (χ0) is 13.9. The molecule has 1 unspecified atom stereocenters. The summed E-state index contributed by atoms with van der Waals surface area (Å²) in [4.78, 5) is 20.3. The first kappa shape index (κ1) is 14.5. The van der Waals surface area contributed by atoms with E-state index in [2.05, 4.69) is 0 Å². The average Bonchev–Trinajstić information content (AvgIpc) is 2.27. The number of halogens is 1. The van der Waals surface area contributed by atoms with Gasteiger partial charge in [-0.2, -0.15) is 0 Å². The maximum Gasteiger partial charge on any atom is 0.333 e. The van der Waals surface area contributed by atoms with E-state index in [1.807, 2.05) is 0 Å². The molecule has 100 valence electrons. The van der Waals surface area contributed by atoms with Gasteiger partial charge in [0.25, 0.3) is 0 Å². The lowest BCUT2D eigenvalue weighted by atomic mass is 9.88. The lowest BCUT2D eigenvalue weighted by Gasteiger charge is -2.30. The first-order valence-corrected chi connectivity index (χ1v) is 5.40. The maximum atomic E-state index is 11.3. The molecule has 0 fully saturated rings. The summed E-state index contributed by atoms with van der Waals surface area (Å²) in [5.74, 6) is -2.56. The van der Waals surface area contributed by atoms with Crippen LogP contribution in [0.3, 0.4) is 0 Å². The summed E-state index contributed by atoms with van der Waals surface area (Å²) in [6.45, 7) is 1.37. The summed E-state index contributed by atoms with van der Waals surface area (Å²) in [6, 6.07) is 0. The standard InChI is InChI=1S/C11H13ClO6/c1-6-3-7(9(13)14)4-11(12,10(15)16)8(6)18-5-17-2/h3H,4-5H2,1-2H3,(H,13,14)(H,15,16). The number of allylic oxidation sites excluding steroid dienone is 2. The number of carboxylic acid groups (broad SMARTS) is 2. The number of methoxy groups -OCH3 is 1. The molecule has 0 aromatic heterocycles. The molecule has 0 saturated carbocycles. The summed E-state index contributed by atoms with van der Waals surface area (Å²) in [7, 11) is 1.38. The Balaban J connectivity index is 3.22. The van der Waals surface area contributed by atoms with E-state index in [4.69, 9.17) is 26.2 Å². The van der Waals surface area contributed by atoms with E-state index in [1.54, 1.807) is 0 Å². The van der Waals surface area contributed by atoms with Crippen LogP contribution in [0.25, 0.3) is 0 Å². The second-order valence-electron chi connectivity index (χ2n) is 3.82. The largest absolute Gasteiger partial charge is 0.480 e. The molecule has 7 heteroatoms. The number of carboxylic acids is 2. The molecule has 0 aromatic carbocycles. The molecule has 0 aliphatic heterocycles. The van der Waals surface area contributed by atoms with Crippen LogP contribution in [0.2, 0.25) is 0 Å². The summed E-state index contributed by atoms with van der Waals surface area (Å²) >= 11 is 6.00. The fourth-order valence-electron chi connectivity index (χ4n) is 1.69. The highest BCUT2D eigenvalue weighted by Crippen LogP contribution is 2.39. The van der Waals surface area contributed by atoms with Crippen LogP contribution in [0.5, 0.6) is 0 Å². The lowest BCUT2D eigenvalue weighted by molar-refractivity contribution is -0.141. The molecular weight excluding hydrogens is 264 g/mol. The van der Waals surface area contributed by atoms with Crippen molar-refractivity contribution in [2.24, 2.45) is 0 Å². The predicted molar refractivity (Wildman–Crippen MR) is 62.2 cm³/mol. The van der Waals surface area contributed by atoms with Gasteiger partial charge < -0.3 is 19.7 Å². The third-order valence-corrected chi connectivity index (χ3v) is 2.94. The molecule has 1 aliphatic rings. The van der Waals surface area contributed by atoms with Crippen LogP contribution in [0.15, 0.2) is 23.0 Å². The molecule has 0 spiro atoms. The quantitative estimate of drug-likeness (QED) is 0.582. The highest BCUT2D eigenvalue weighted by atomic mass is 35.5. The van der Waals surface area contributed by atoms with Gasteiger partial charge in [0.05, 0.1) is 0 Å². The van der Waals surface area contributed by atoms with E-state index in [9.17, 15) is 14.7 Å². The fraction of sp³-hybridized carbons (Fsp3) is 0.455. The van der Waals surface area contributed by atoms with Crippen molar-refractivity contribution in [2.45, 2.75) is 18.2 Å². The van der Waals surface area contributed by atoms with E-state index in [0.29, 0.717) is 5.57 Å². The van der Waals surface area contributed by atoms with Crippen LogP contribution in [0.1, 0.15) is 13.3 Å². The number of carbonyl (C=O) groups is 2. The van der Waals surface area contributed by atoms with Crippen molar-refractivity contribution < 1.29 is 29.3 Å².